The molecule has 0 aromatic rings. The quantitative estimate of drug-likeness (QED) is 0.718. The molecule has 1 saturated heterocycles. The van der Waals surface area contributed by atoms with E-state index in [2.05, 4.69) is 10.6 Å². The molecule has 0 aliphatic carbocycles. The summed E-state index contributed by atoms with van der Waals surface area (Å²) in [5, 5.41) is 5.44. The molecule has 0 bridgehead atoms. The van der Waals surface area contributed by atoms with Crippen LogP contribution in [0.5, 0.6) is 0 Å². The molecule has 88 valence electrons. The number of hydrogen-bond donors (Lipinski definition) is 2. The van der Waals surface area contributed by atoms with Gasteiger partial charge in [0, 0.05) is 18.4 Å². The minimum atomic E-state index is -0.338. The van der Waals surface area contributed by atoms with E-state index in [0.717, 1.165) is 0 Å². The Hall–Kier alpha value is -1.06. The fourth-order valence-electron chi connectivity index (χ4n) is 1.28. The molecule has 1 fully saturated rings. The van der Waals surface area contributed by atoms with Gasteiger partial charge in [-0.3, -0.25) is 9.59 Å². The number of nitrogens with one attached hydrogen (secondary N) is 2. The number of carbonyl (C=O) groups excluding carboxylic acids is 2. The largest absolute Gasteiger partial charge is 0.354 e. The smallest absolute Gasteiger partial charge is 0.242 e. The topological polar surface area (TPSA) is 58.2 Å². The highest BCUT2D eigenvalue weighted by Gasteiger charge is 2.32. The van der Waals surface area contributed by atoms with Gasteiger partial charge in [0.15, 0.2) is 0 Å². The highest BCUT2D eigenvalue weighted by molar-refractivity contribution is 5.89. The third-order valence-corrected chi connectivity index (χ3v) is 2.27. The average molecular weight is 214 g/mol. The SMILES string of the molecule is CC.CC(C)C(=O)NC1C(=O)NCC1C. The van der Waals surface area contributed by atoms with Crippen molar-refractivity contribution in [1.82, 2.24) is 10.6 Å². The summed E-state index contributed by atoms with van der Waals surface area (Å²) in [4.78, 5) is 22.5. The van der Waals surface area contributed by atoms with Crippen LogP contribution in [0.25, 0.3) is 0 Å². The zero-order valence-electron chi connectivity index (χ0n) is 10.3. The van der Waals surface area contributed by atoms with E-state index in [0.29, 0.717) is 6.54 Å². The first-order chi connectivity index (χ1) is 7.02. The number of rotatable bonds is 2. The van der Waals surface area contributed by atoms with E-state index in [1.54, 1.807) is 0 Å². The third kappa shape index (κ3) is 3.90. The summed E-state index contributed by atoms with van der Waals surface area (Å²) in [6.07, 6.45) is 0. The van der Waals surface area contributed by atoms with Crippen LogP contribution in [-0.4, -0.2) is 24.4 Å². The van der Waals surface area contributed by atoms with Gasteiger partial charge in [0.05, 0.1) is 0 Å². The van der Waals surface area contributed by atoms with Gasteiger partial charge in [-0.1, -0.05) is 34.6 Å². The summed E-state index contributed by atoms with van der Waals surface area (Å²) in [5.74, 6) is -0.00815. The first-order valence-electron chi connectivity index (χ1n) is 5.60. The van der Waals surface area contributed by atoms with Gasteiger partial charge in [-0.25, -0.2) is 0 Å². The van der Waals surface area contributed by atoms with Crippen molar-refractivity contribution in [2.45, 2.75) is 40.7 Å². The first kappa shape index (κ1) is 13.9. The Morgan fingerprint density at radius 1 is 1.47 bits per heavy atom. The van der Waals surface area contributed by atoms with Crippen LogP contribution in [0, 0.1) is 11.8 Å². The van der Waals surface area contributed by atoms with Gasteiger partial charge < -0.3 is 10.6 Å². The van der Waals surface area contributed by atoms with Gasteiger partial charge in [-0.05, 0) is 0 Å². The van der Waals surface area contributed by atoms with Crippen molar-refractivity contribution in [3.63, 3.8) is 0 Å². The van der Waals surface area contributed by atoms with Crippen LogP contribution in [0.4, 0.5) is 0 Å². The summed E-state index contributed by atoms with van der Waals surface area (Å²) in [7, 11) is 0. The van der Waals surface area contributed by atoms with Gasteiger partial charge in [0.25, 0.3) is 0 Å². The zero-order chi connectivity index (χ0) is 12.0. The summed E-state index contributed by atoms with van der Waals surface area (Å²) >= 11 is 0. The van der Waals surface area contributed by atoms with Gasteiger partial charge >= 0.3 is 0 Å². The Balaban J connectivity index is 0.000000921. The predicted molar refractivity (Wildman–Crippen MR) is 60.3 cm³/mol. The molecule has 4 nitrogen and oxygen atoms in total. The predicted octanol–water partition coefficient (Wildman–Crippen LogP) is 0.919. The van der Waals surface area contributed by atoms with E-state index < -0.39 is 0 Å². The van der Waals surface area contributed by atoms with Crippen molar-refractivity contribution in [1.29, 1.82) is 0 Å². The van der Waals surface area contributed by atoms with E-state index in [4.69, 9.17) is 0 Å². The lowest BCUT2D eigenvalue weighted by atomic mass is 10.1. The molecule has 1 aliphatic heterocycles. The lowest BCUT2D eigenvalue weighted by molar-refractivity contribution is -0.129. The van der Waals surface area contributed by atoms with Gasteiger partial charge in [0.1, 0.15) is 6.04 Å². The Morgan fingerprint density at radius 2 is 2.00 bits per heavy atom. The molecule has 2 unspecified atom stereocenters. The molecule has 1 rings (SSSR count). The Kier molecular flexibility index (Phi) is 5.97. The molecule has 0 aromatic carbocycles. The van der Waals surface area contributed by atoms with Crippen LogP contribution in [0.15, 0.2) is 0 Å². The van der Waals surface area contributed by atoms with E-state index in [1.165, 1.54) is 0 Å². The van der Waals surface area contributed by atoms with Crippen molar-refractivity contribution in [3.8, 4) is 0 Å². The Labute approximate surface area is 91.8 Å². The van der Waals surface area contributed by atoms with E-state index in [9.17, 15) is 9.59 Å². The molecule has 1 aliphatic rings. The van der Waals surface area contributed by atoms with Gasteiger partial charge in [0.2, 0.25) is 11.8 Å². The maximum atomic E-state index is 11.3. The van der Waals surface area contributed by atoms with Crippen molar-refractivity contribution in [3.05, 3.63) is 0 Å². The molecule has 0 radical (unpaired) electrons. The standard InChI is InChI=1S/C9H16N2O2.C2H6/c1-5(2)8(12)11-7-6(3)4-10-9(7)13;1-2/h5-7H,4H2,1-3H3,(H,10,13)(H,11,12);1-2H3. The van der Waals surface area contributed by atoms with Crippen LogP contribution in [-0.2, 0) is 9.59 Å². The summed E-state index contributed by atoms with van der Waals surface area (Å²) in [6, 6.07) is -0.338. The van der Waals surface area contributed by atoms with Crippen molar-refractivity contribution in [2.24, 2.45) is 11.8 Å². The van der Waals surface area contributed by atoms with Crippen LogP contribution >= 0.6 is 0 Å². The highest BCUT2D eigenvalue weighted by atomic mass is 16.2. The minimum absolute atomic E-state index is 0.0612. The third-order valence-electron chi connectivity index (χ3n) is 2.27. The molecule has 2 amide bonds. The van der Waals surface area contributed by atoms with Gasteiger partial charge in [-0.15, -0.1) is 0 Å². The molecule has 0 aromatic heterocycles. The van der Waals surface area contributed by atoms with Crippen LogP contribution in [0.3, 0.4) is 0 Å². The molecule has 2 N–H and O–H groups in total. The molecule has 0 spiro atoms. The van der Waals surface area contributed by atoms with Crippen LogP contribution < -0.4 is 10.6 Å². The molecule has 2 atom stereocenters. The fourth-order valence-corrected chi connectivity index (χ4v) is 1.28. The summed E-state index contributed by atoms with van der Waals surface area (Å²) in [6.45, 7) is 10.2. The number of carbonyl (C=O) groups is 2. The number of amides is 2. The maximum absolute atomic E-state index is 11.3. The first-order valence-corrected chi connectivity index (χ1v) is 5.60. The van der Waals surface area contributed by atoms with Crippen LogP contribution in [0.1, 0.15) is 34.6 Å². The monoisotopic (exact) mass is 214 g/mol. The normalized spacial score (nSPS) is 24.3. The Bertz CT molecular complexity index is 227. The molecular formula is C11H22N2O2. The maximum Gasteiger partial charge on any atom is 0.242 e. The van der Waals surface area contributed by atoms with Crippen molar-refractivity contribution < 1.29 is 9.59 Å². The van der Waals surface area contributed by atoms with Crippen molar-refractivity contribution in [2.75, 3.05) is 6.54 Å². The summed E-state index contributed by atoms with van der Waals surface area (Å²) in [5.41, 5.74) is 0. The molecular weight excluding hydrogens is 192 g/mol. The second-order valence-corrected chi connectivity index (χ2v) is 3.86. The fraction of sp³-hybridized carbons (Fsp3) is 0.818. The molecule has 4 heteroatoms. The van der Waals surface area contributed by atoms with Crippen LogP contribution in [0.2, 0.25) is 0 Å². The summed E-state index contributed by atoms with van der Waals surface area (Å²) < 4.78 is 0. The van der Waals surface area contributed by atoms with E-state index >= 15 is 0 Å². The van der Waals surface area contributed by atoms with E-state index in [1.807, 2.05) is 34.6 Å². The minimum Gasteiger partial charge on any atom is -0.354 e. The second-order valence-electron chi connectivity index (χ2n) is 3.86. The lowest BCUT2D eigenvalue weighted by Gasteiger charge is -2.15. The molecule has 1 heterocycles. The average Bonchev–Trinajstić information content (AvgIpc) is 2.52. The molecule has 15 heavy (non-hydrogen) atoms. The molecule has 0 saturated carbocycles. The zero-order valence-corrected chi connectivity index (χ0v) is 10.3. The highest BCUT2D eigenvalue weighted by Crippen LogP contribution is 2.09. The van der Waals surface area contributed by atoms with Gasteiger partial charge in [-0.2, -0.15) is 0 Å². The van der Waals surface area contributed by atoms with E-state index in [-0.39, 0.29) is 29.7 Å². The second kappa shape index (κ2) is 6.43. The number of hydrogen-bond acceptors (Lipinski definition) is 2. The lowest BCUT2D eigenvalue weighted by Crippen LogP contribution is -2.44. The Morgan fingerprint density at radius 3 is 2.33 bits per heavy atom. The van der Waals surface area contributed by atoms with Crippen molar-refractivity contribution >= 4 is 11.8 Å².